The average Bonchev–Trinajstić information content (AvgIpc) is 2.82. The quantitative estimate of drug-likeness (QED) is 0.875. The molecule has 1 N–H and O–H groups in total. The second-order valence-corrected chi connectivity index (χ2v) is 4.92. The Kier molecular flexibility index (Phi) is 3.83. The highest BCUT2D eigenvalue weighted by Gasteiger charge is 2.16. The Morgan fingerprint density at radius 3 is 2.81 bits per heavy atom. The molecule has 88 valence electrons. The predicted molar refractivity (Wildman–Crippen MR) is 68.9 cm³/mol. The van der Waals surface area contributed by atoms with Crippen LogP contribution in [0.15, 0.2) is 18.2 Å². The minimum Gasteiger partial charge on any atom is -0.497 e. The van der Waals surface area contributed by atoms with Crippen molar-refractivity contribution in [3.05, 3.63) is 18.2 Å². The Bertz CT molecular complexity index is 351. The van der Waals surface area contributed by atoms with Gasteiger partial charge in [-0.25, -0.2) is 0 Å². The van der Waals surface area contributed by atoms with Gasteiger partial charge >= 0.3 is 0 Å². The van der Waals surface area contributed by atoms with Crippen molar-refractivity contribution >= 4 is 17.4 Å². The fourth-order valence-electron chi connectivity index (χ4n) is 1.79. The van der Waals surface area contributed by atoms with Crippen LogP contribution >= 0.6 is 11.8 Å². The second-order valence-electron chi connectivity index (χ2n) is 3.77. The molecule has 0 amide bonds. The van der Waals surface area contributed by atoms with Gasteiger partial charge in [0.05, 0.1) is 19.9 Å². The van der Waals surface area contributed by atoms with Crippen molar-refractivity contribution in [2.24, 2.45) is 0 Å². The Morgan fingerprint density at radius 2 is 2.19 bits per heavy atom. The van der Waals surface area contributed by atoms with Crippen LogP contribution in [0.1, 0.15) is 6.42 Å². The van der Waals surface area contributed by atoms with Crippen LogP contribution in [-0.2, 0) is 0 Å². The van der Waals surface area contributed by atoms with E-state index in [0.717, 1.165) is 17.2 Å². The molecule has 4 heteroatoms. The number of rotatable bonds is 4. The highest BCUT2D eigenvalue weighted by Crippen LogP contribution is 2.31. The van der Waals surface area contributed by atoms with E-state index in [2.05, 4.69) is 5.32 Å². The zero-order valence-corrected chi connectivity index (χ0v) is 10.5. The van der Waals surface area contributed by atoms with Crippen molar-refractivity contribution in [2.45, 2.75) is 12.5 Å². The first-order valence-corrected chi connectivity index (χ1v) is 6.55. The van der Waals surface area contributed by atoms with Crippen LogP contribution in [0, 0.1) is 0 Å². The van der Waals surface area contributed by atoms with Gasteiger partial charge in [0, 0.05) is 17.9 Å². The summed E-state index contributed by atoms with van der Waals surface area (Å²) < 4.78 is 10.5. The van der Waals surface area contributed by atoms with E-state index < -0.39 is 0 Å². The van der Waals surface area contributed by atoms with Gasteiger partial charge in [-0.2, -0.15) is 11.8 Å². The lowest BCUT2D eigenvalue weighted by atomic mass is 10.2. The summed E-state index contributed by atoms with van der Waals surface area (Å²) in [5, 5.41) is 3.51. The van der Waals surface area contributed by atoms with Crippen LogP contribution in [0.25, 0.3) is 0 Å². The summed E-state index contributed by atoms with van der Waals surface area (Å²) in [5.41, 5.74) is 1.05. The van der Waals surface area contributed by atoms with Crippen LogP contribution in [0.3, 0.4) is 0 Å². The monoisotopic (exact) mass is 239 g/mol. The molecule has 0 aliphatic carbocycles. The number of ether oxygens (including phenoxy) is 2. The number of hydrogen-bond acceptors (Lipinski definition) is 4. The molecule has 1 aromatic rings. The maximum Gasteiger partial charge on any atom is 0.145 e. The van der Waals surface area contributed by atoms with Crippen LogP contribution in [-0.4, -0.2) is 31.8 Å². The molecule has 0 aromatic heterocycles. The Hall–Kier alpha value is -1.03. The SMILES string of the molecule is COc1ccc(NC2CCSC2)c(OC)c1. The zero-order valence-electron chi connectivity index (χ0n) is 9.66. The molecule has 2 rings (SSSR count). The van der Waals surface area contributed by atoms with E-state index in [1.807, 2.05) is 30.0 Å². The van der Waals surface area contributed by atoms with Crippen molar-refractivity contribution in [3.63, 3.8) is 0 Å². The van der Waals surface area contributed by atoms with Crippen molar-refractivity contribution in [1.82, 2.24) is 0 Å². The predicted octanol–water partition coefficient (Wildman–Crippen LogP) is 2.62. The molecule has 1 heterocycles. The van der Waals surface area contributed by atoms with Crippen LogP contribution in [0.4, 0.5) is 5.69 Å². The van der Waals surface area contributed by atoms with Crippen LogP contribution in [0.2, 0.25) is 0 Å². The van der Waals surface area contributed by atoms with Gasteiger partial charge in [-0.15, -0.1) is 0 Å². The molecule has 0 radical (unpaired) electrons. The summed E-state index contributed by atoms with van der Waals surface area (Å²) in [6, 6.07) is 6.44. The zero-order chi connectivity index (χ0) is 11.4. The van der Waals surface area contributed by atoms with E-state index in [9.17, 15) is 0 Å². The minimum atomic E-state index is 0.562. The summed E-state index contributed by atoms with van der Waals surface area (Å²) in [4.78, 5) is 0. The molecule has 1 fully saturated rings. The first-order chi connectivity index (χ1) is 7.83. The van der Waals surface area contributed by atoms with Crippen molar-refractivity contribution in [2.75, 3.05) is 31.0 Å². The Morgan fingerprint density at radius 1 is 1.31 bits per heavy atom. The fourth-order valence-corrected chi connectivity index (χ4v) is 2.94. The third-order valence-corrected chi connectivity index (χ3v) is 3.86. The van der Waals surface area contributed by atoms with Gasteiger partial charge < -0.3 is 14.8 Å². The van der Waals surface area contributed by atoms with Gasteiger partial charge in [0.2, 0.25) is 0 Å². The first-order valence-electron chi connectivity index (χ1n) is 5.40. The molecule has 1 unspecified atom stereocenters. The van der Waals surface area contributed by atoms with Crippen molar-refractivity contribution in [3.8, 4) is 11.5 Å². The lowest BCUT2D eigenvalue weighted by Gasteiger charge is -2.16. The Balaban J connectivity index is 2.12. The minimum absolute atomic E-state index is 0.562. The standard InChI is InChI=1S/C12H17NO2S/c1-14-10-3-4-11(12(7-10)15-2)13-9-5-6-16-8-9/h3-4,7,9,13H,5-6,8H2,1-2H3. The number of anilines is 1. The number of benzene rings is 1. The lowest BCUT2D eigenvalue weighted by molar-refractivity contribution is 0.395. The molecule has 1 aromatic carbocycles. The van der Waals surface area contributed by atoms with Gasteiger partial charge in [0.15, 0.2) is 0 Å². The smallest absolute Gasteiger partial charge is 0.145 e. The molecule has 3 nitrogen and oxygen atoms in total. The second kappa shape index (κ2) is 5.34. The number of hydrogen-bond donors (Lipinski definition) is 1. The van der Waals surface area contributed by atoms with E-state index in [4.69, 9.17) is 9.47 Å². The molecular weight excluding hydrogens is 222 g/mol. The van der Waals surface area contributed by atoms with Gasteiger partial charge in [-0.1, -0.05) is 0 Å². The molecule has 16 heavy (non-hydrogen) atoms. The highest BCUT2D eigenvalue weighted by atomic mass is 32.2. The van der Waals surface area contributed by atoms with Crippen molar-refractivity contribution in [1.29, 1.82) is 0 Å². The van der Waals surface area contributed by atoms with E-state index in [-0.39, 0.29) is 0 Å². The van der Waals surface area contributed by atoms with Gasteiger partial charge in [0.25, 0.3) is 0 Å². The molecule has 0 spiro atoms. The fraction of sp³-hybridized carbons (Fsp3) is 0.500. The third-order valence-electron chi connectivity index (χ3n) is 2.70. The van der Waals surface area contributed by atoms with Crippen LogP contribution < -0.4 is 14.8 Å². The highest BCUT2D eigenvalue weighted by molar-refractivity contribution is 7.99. The maximum atomic E-state index is 5.35. The molecule has 0 bridgehead atoms. The number of thioether (sulfide) groups is 1. The van der Waals surface area contributed by atoms with Gasteiger partial charge in [-0.3, -0.25) is 0 Å². The number of nitrogens with one attached hydrogen (secondary N) is 1. The van der Waals surface area contributed by atoms with Crippen LogP contribution in [0.5, 0.6) is 11.5 Å². The maximum absolute atomic E-state index is 5.35. The van der Waals surface area contributed by atoms with E-state index >= 15 is 0 Å². The largest absolute Gasteiger partial charge is 0.497 e. The normalized spacial score (nSPS) is 19.5. The molecule has 1 aliphatic rings. The van der Waals surface area contributed by atoms with Gasteiger partial charge in [-0.05, 0) is 24.3 Å². The topological polar surface area (TPSA) is 30.5 Å². The number of methoxy groups -OCH3 is 2. The lowest BCUT2D eigenvalue weighted by Crippen LogP contribution is -2.18. The molecular formula is C12H17NO2S. The summed E-state index contributed by atoms with van der Waals surface area (Å²) in [7, 11) is 3.35. The molecule has 1 saturated heterocycles. The van der Waals surface area contributed by atoms with Crippen molar-refractivity contribution < 1.29 is 9.47 Å². The van der Waals surface area contributed by atoms with E-state index in [1.165, 1.54) is 17.9 Å². The van der Waals surface area contributed by atoms with E-state index in [0.29, 0.717) is 6.04 Å². The first kappa shape index (κ1) is 11.5. The molecule has 1 aliphatic heterocycles. The summed E-state index contributed by atoms with van der Waals surface area (Å²) in [6.07, 6.45) is 1.22. The molecule has 1 atom stereocenters. The third kappa shape index (κ3) is 2.55. The summed E-state index contributed by atoms with van der Waals surface area (Å²) in [5.74, 6) is 4.09. The summed E-state index contributed by atoms with van der Waals surface area (Å²) in [6.45, 7) is 0. The van der Waals surface area contributed by atoms with E-state index in [1.54, 1.807) is 14.2 Å². The Labute approximate surface area is 101 Å². The van der Waals surface area contributed by atoms with Gasteiger partial charge in [0.1, 0.15) is 11.5 Å². The molecule has 0 saturated carbocycles. The summed E-state index contributed by atoms with van der Waals surface area (Å²) >= 11 is 1.99. The average molecular weight is 239 g/mol.